The van der Waals surface area contributed by atoms with E-state index >= 15 is 0 Å². The summed E-state index contributed by atoms with van der Waals surface area (Å²) in [4.78, 5) is 18.0. The number of rotatable bonds is 4. The fourth-order valence-electron chi connectivity index (χ4n) is 5.21. The van der Waals surface area contributed by atoms with Crippen molar-refractivity contribution in [2.75, 3.05) is 19.7 Å². The molecule has 2 aromatic rings. The zero-order valence-corrected chi connectivity index (χ0v) is 18.5. The predicted octanol–water partition coefficient (Wildman–Crippen LogP) is 4.57. The minimum Gasteiger partial charge on any atom is -0.379 e. The molecule has 2 fully saturated rings. The summed E-state index contributed by atoms with van der Waals surface area (Å²) in [5.74, 6) is -0.272. The van der Waals surface area contributed by atoms with Crippen LogP contribution in [0.3, 0.4) is 0 Å². The highest BCUT2D eigenvalue weighted by Crippen LogP contribution is 2.38. The van der Waals surface area contributed by atoms with Crippen LogP contribution < -0.4 is 5.69 Å². The summed E-state index contributed by atoms with van der Waals surface area (Å²) < 4.78 is 21.5. The largest absolute Gasteiger partial charge is 0.379 e. The first-order valence-electron chi connectivity index (χ1n) is 10.7. The van der Waals surface area contributed by atoms with Crippen molar-refractivity contribution < 1.29 is 9.13 Å². The molecule has 2 heterocycles. The summed E-state index contributed by atoms with van der Waals surface area (Å²) in [7, 11) is 0. The van der Waals surface area contributed by atoms with E-state index in [1.165, 1.54) is 18.9 Å². The van der Waals surface area contributed by atoms with Gasteiger partial charge < -0.3 is 9.72 Å². The summed E-state index contributed by atoms with van der Waals surface area (Å²) >= 11 is 0. The van der Waals surface area contributed by atoms with Crippen molar-refractivity contribution in [2.24, 2.45) is 0 Å². The molecule has 5 nitrogen and oxygen atoms in total. The molecule has 0 radical (unpaired) electrons. The number of aromatic amines is 1. The van der Waals surface area contributed by atoms with Gasteiger partial charge in [-0.15, -0.1) is 12.4 Å². The lowest BCUT2D eigenvalue weighted by atomic mass is 9.79. The first kappa shape index (κ1) is 22.3. The van der Waals surface area contributed by atoms with Crippen LogP contribution in [0.15, 0.2) is 16.9 Å². The third-order valence-electron chi connectivity index (χ3n) is 7.00. The van der Waals surface area contributed by atoms with Gasteiger partial charge in [0.05, 0.1) is 17.1 Å². The molecular weight excluding hydrogens is 393 g/mol. The smallest absolute Gasteiger partial charge is 0.326 e. The lowest BCUT2D eigenvalue weighted by Gasteiger charge is -2.48. The molecule has 4 rings (SSSR count). The highest BCUT2D eigenvalue weighted by molar-refractivity contribution is 5.85. The first-order chi connectivity index (χ1) is 13.4. The van der Waals surface area contributed by atoms with Crippen molar-refractivity contribution in [1.29, 1.82) is 0 Å². The molecular formula is C22H33ClFN3O2. The summed E-state index contributed by atoms with van der Waals surface area (Å²) in [6, 6.07) is 3.41. The summed E-state index contributed by atoms with van der Waals surface area (Å²) in [5, 5.41) is 0. The van der Waals surface area contributed by atoms with Gasteiger partial charge in [0.1, 0.15) is 5.82 Å². The zero-order valence-electron chi connectivity index (χ0n) is 17.7. The number of fused-ring (bicyclic) bond motifs is 1. The van der Waals surface area contributed by atoms with Crippen LogP contribution in [0.2, 0.25) is 0 Å². The average molecular weight is 426 g/mol. The van der Waals surface area contributed by atoms with Crippen LogP contribution in [-0.2, 0) is 4.74 Å². The van der Waals surface area contributed by atoms with Crippen molar-refractivity contribution in [3.8, 4) is 0 Å². The molecule has 162 valence electrons. The minimum atomic E-state index is -0.272. The molecule has 1 N–H and O–H groups in total. The Kier molecular flexibility index (Phi) is 6.76. The van der Waals surface area contributed by atoms with E-state index in [9.17, 15) is 9.18 Å². The number of piperidine rings is 1. The van der Waals surface area contributed by atoms with Gasteiger partial charge in [0.2, 0.25) is 0 Å². The second-order valence-electron chi connectivity index (χ2n) is 8.79. The number of nitrogens with one attached hydrogen (secondary N) is 1. The molecule has 0 atom stereocenters. The maximum Gasteiger partial charge on any atom is 0.326 e. The van der Waals surface area contributed by atoms with Gasteiger partial charge in [-0.2, -0.15) is 0 Å². The van der Waals surface area contributed by atoms with E-state index in [-0.39, 0.29) is 35.5 Å². The maximum absolute atomic E-state index is 13.9. The van der Waals surface area contributed by atoms with Gasteiger partial charge >= 0.3 is 5.69 Å². The molecule has 0 unspecified atom stereocenters. The van der Waals surface area contributed by atoms with E-state index in [0.717, 1.165) is 50.9 Å². The molecule has 2 aliphatic rings. The highest BCUT2D eigenvalue weighted by atomic mass is 35.5. The third-order valence-corrected chi connectivity index (χ3v) is 7.00. The molecule has 1 saturated heterocycles. The van der Waals surface area contributed by atoms with Gasteiger partial charge in [-0.3, -0.25) is 9.47 Å². The highest BCUT2D eigenvalue weighted by Gasteiger charge is 2.38. The Labute approximate surface area is 178 Å². The van der Waals surface area contributed by atoms with Crippen LogP contribution in [0.5, 0.6) is 0 Å². The zero-order chi connectivity index (χ0) is 19.9. The number of nitrogens with zero attached hydrogens (tertiary/aromatic N) is 2. The van der Waals surface area contributed by atoms with Crippen molar-refractivity contribution in [3.05, 3.63) is 34.0 Å². The number of halogens is 2. The number of ether oxygens (including phenoxy) is 1. The van der Waals surface area contributed by atoms with Crippen LogP contribution in [0.25, 0.3) is 11.0 Å². The fourth-order valence-corrected chi connectivity index (χ4v) is 5.21. The Hall–Kier alpha value is -1.37. The summed E-state index contributed by atoms with van der Waals surface area (Å²) in [5.41, 5.74) is 2.12. The quantitative estimate of drug-likeness (QED) is 0.780. The Balaban J connectivity index is 0.00000240. The van der Waals surface area contributed by atoms with Crippen molar-refractivity contribution in [3.63, 3.8) is 0 Å². The Bertz CT molecular complexity index is 893. The molecule has 1 saturated carbocycles. The van der Waals surface area contributed by atoms with Crippen LogP contribution in [0.1, 0.15) is 64.0 Å². The molecule has 0 spiro atoms. The van der Waals surface area contributed by atoms with Crippen LogP contribution in [-0.4, -0.2) is 45.8 Å². The van der Waals surface area contributed by atoms with E-state index in [0.29, 0.717) is 17.2 Å². The monoisotopic (exact) mass is 425 g/mol. The number of benzene rings is 1. The third kappa shape index (κ3) is 4.25. The molecule has 29 heavy (non-hydrogen) atoms. The first-order valence-corrected chi connectivity index (χ1v) is 10.7. The Morgan fingerprint density at radius 1 is 1.21 bits per heavy atom. The van der Waals surface area contributed by atoms with Gasteiger partial charge in [-0.05, 0) is 77.0 Å². The second kappa shape index (κ2) is 8.78. The number of imidazole rings is 1. The number of hydrogen-bond acceptors (Lipinski definition) is 3. The molecule has 0 bridgehead atoms. The summed E-state index contributed by atoms with van der Waals surface area (Å²) in [6.45, 7) is 9.01. The number of likely N-dealkylation sites (tertiary alicyclic amines) is 1. The van der Waals surface area contributed by atoms with E-state index in [1.54, 1.807) is 13.0 Å². The normalized spacial score (nSPS) is 26.6. The second-order valence-corrected chi connectivity index (χ2v) is 8.79. The predicted molar refractivity (Wildman–Crippen MR) is 117 cm³/mol. The topological polar surface area (TPSA) is 50.3 Å². The maximum atomic E-state index is 13.9. The molecule has 1 aliphatic carbocycles. The molecule has 7 heteroatoms. The number of aromatic nitrogens is 2. The SMILES string of the molecule is CCO[C@H]1CC[C@](C)(N2CCC(n3c(=O)[nH]c4cc(F)c(C)cc43)CC2)CC1.Cl. The van der Waals surface area contributed by atoms with Crippen LogP contribution >= 0.6 is 12.4 Å². The van der Waals surface area contributed by atoms with E-state index in [4.69, 9.17) is 4.74 Å². The van der Waals surface area contributed by atoms with E-state index in [2.05, 4.69) is 23.7 Å². The van der Waals surface area contributed by atoms with Crippen LogP contribution in [0, 0.1) is 12.7 Å². The van der Waals surface area contributed by atoms with Gasteiger partial charge in [0.15, 0.2) is 0 Å². The van der Waals surface area contributed by atoms with Gasteiger partial charge in [-0.25, -0.2) is 9.18 Å². The van der Waals surface area contributed by atoms with Gasteiger partial charge in [0.25, 0.3) is 0 Å². The number of H-pyrrole nitrogens is 1. The Morgan fingerprint density at radius 3 is 2.48 bits per heavy atom. The van der Waals surface area contributed by atoms with Crippen LogP contribution in [0.4, 0.5) is 4.39 Å². The summed E-state index contributed by atoms with van der Waals surface area (Å²) in [6.07, 6.45) is 6.95. The number of hydrogen-bond donors (Lipinski definition) is 1. The van der Waals surface area contributed by atoms with Gasteiger partial charge in [-0.1, -0.05) is 0 Å². The van der Waals surface area contributed by atoms with Crippen molar-refractivity contribution in [2.45, 2.75) is 77.0 Å². The van der Waals surface area contributed by atoms with Crippen molar-refractivity contribution in [1.82, 2.24) is 14.5 Å². The lowest BCUT2D eigenvalue weighted by molar-refractivity contribution is -0.0273. The number of aryl methyl sites for hydroxylation is 1. The average Bonchev–Trinajstić information content (AvgIpc) is 2.99. The van der Waals surface area contributed by atoms with E-state index in [1.807, 2.05) is 4.57 Å². The molecule has 0 amide bonds. The van der Waals surface area contributed by atoms with E-state index < -0.39 is 0 Å². The van der Waals surface area contributed by atoms with Gasteiger partial charge in [0, 0.05) is 31.3 Å². The van der Waals surface area contributed by atoms with Crippen molar-refractivity contribution >= 4 is 23.4 Å². The standard InChI is InChI=1S/C22H32FN3O2.ClH/c1-4-28-17-5-9-22(3,10-6-17)25-11-7-16(8-12-25)26-20-13-15(2)18(23)14-19(20)24-21(26)27;/h13-14,16-17H,4-12H2,1-3H3,(H,24,27);1H/t17-,22-;. The molecule has 1 aromatic carbocycles. The lowest BCUT2D eigenvalue weighted by Crippen LogP contribution is -2.53. The molecule has 1 aliphatic heterocycles. The fraction of sp³-hybridized carbons (Fsp3) is 0.682. The molecule has 1 aromatic heterocycles. The Morgan fingerprint density at radius 2 is 1.86 bits per heavy atom. The minimum absolute atomic E-state index is 0.